The third-order valence-corrected chi connectivity index (χ3v) is 4.08. The molecular weight excluding hydrogens is 414 g/mol. The second-order valence-electron chi connectivity index (χ2n) is 5.47. The van der Waals surface area contributed by atoms with Crippen LogP contribution >= 0.6 is 15.9 Å². The lowest BCUT2D eigenvalue weighted by molar-refractivity contribution is -0.139. The number of nitrogens with zero attached hydrogens (tertiary/aromatic N) is 1. The number of halogens is 1. The third kappa shape index (κ3) is 6.41. The van der Waals surface area contributed by atoms with Gasteiger partial charge in [-0.15, -0.1) is 0 Å². The molecule has 0 aliphatic carbocycles. The molecule has 0 spiro atoms. The predicted octanol–water partition coefficient (Wildman–Crippen LogP) is 2.36. The highest BCUT2D eigenvalue weighted by atomic mass is 79.9. The largest absolute Gasteiger partial charge is 0.503 e. The number of phenols is 1. The van der Waals surface area contributed by atoms with Crippen LogP contribution in [0.5, 0.6) is 11.5 Å². The van der Waals surface area contributed by atoms with Gasteiger partial charge in [-0.3, -0.25) is 9.59 Å². The quantitative estimate of drug-likeness (QED) is 0.354. The zero-order valence-electron chi connectivity index (χ0n) is 14.7. The van der Waals surface area contributed by atoms with Crippen LogP contribution in [0.15, 0.2) is 52.0 Å². The molecule has 2 rings (SSSR count). The van der Waals surface area contributed by atoms with E-state index < -0.39 is 11.8 Å². The van der Waals surface area contributed by atoms with Gasteiger partial charge in [-0.2, -0.15) is 5.10 Å². The number of aromatic hydroxyl groups is 1. The summed E-state index contributed by atoms with van der Waals surface area (Å²) in [6.07, 6.45) is 1.98. The van der Waals surface area contributed by atoms with Gasteiger partial charge >= 0.3 is 11.8 Å². The Morgan fingerprint density at radius 3 is 2.67 bits per heavy atom. The highest BCUT2D eigenvalue weighted by Gasteiger charge is 2.12. The first-order valence-electron chi connectivity index (χ1n) is 8.31. The van der Waals surface area contributed by atoms with Gasteiger partial charge in [0, 0.05) is 6.54 Å². The lowest BCUT2D eigenvalue weighted by Gasteiger charge is -2.08. The Bertz CT molecular complexity index is 825. The van der Waals surface area contributed by atoms with E-state index in [9.17, 15) is 14.7 Å². The van der Waals surface area contributed by atoms with Gasteiger partial charge in [0.1, 0.15) is 0 Å². The first-order chi connectivity index (χ1) is 13.0. The van der Waals surface area contributed by atoms with Crippen LogP contribution in [0, 0.1) is 0 Å². The molecule has 0 atom stereocenters. The standard InChI is InChI=1S/C19H20BrN3O4/c1-2-27-16-11-14(10-15(20)17(16)24)12-22-23-19(26)18(25)21-9-8-13-6-4-3-5-7-13/h3-7,10-12,24H,2,8-9H2,1H3,(H,21,25)(H,23,26)/b22-12-. The van der Waals surface area contributed by atoms with Crippen molar-refractivity contribution in [2.45, 2.75) is 13.3 Å². The summed E-state index contributed by atoms with van der Waals surface area (Å²) >= 11 is 3.22. The molecule has 7 nitrogen and oxygen atoms in total. The van der Waals surface area contributed by atoms with E-state index in [0.29, 0.717) is 35.4 Å². The van der Waals surface area contributed by atoms with E-state index >= 15 is 0 Å². The van der Waals surface area contributed by atoms with Crippen LogP contribution in [-0.4, -0.2) is 36.3 Å². The molecule has 27 heavy (non-hydrogen) atoms. The average Bonchev–Trinajstić information content (AvgIpc) is 2.66. The van der Waals surface area contributed by atoms with Crippen molar-refractivity contribution < 1.29 is 19.4 Å². The molecule has 0 saturated carbocycles. The SMILES string of the molecule is CCOc1cc(/C=N\NC(=O)C(=O)NCCc2ccccc2)cc(Br)c1O. The predicted molar refractivity (Wildman–Crippen MR) is 106 cm³/mol. The second kappa shape index (κ2) is 10.3. The van der Waals surface area contributed by atoms with Gasteiger partial charge in [0.15, 0.2) is 11.5 Å². The van der Waals surface area contributed by atoms with Crippen molar-refractivity contribution in [2.24, 2.45) is 5.10 Å². The van der Waals surface area contributed by atoms with Crippen molar-refractivity contribution in [1.29, 1.82) is 0 Å². The van der Waals surface area contributed by atoms with Crippen LogP contribution in [0.1, 0.15) is 18.1 Å². The number of amides is 2. The maximum Gasteiger partial charge on any atom is 0.329 e. The van der Waals surface area contributed by atoms with Crippen molar-refractivity contribution in [1.82, 2.24) is 10.7 Å². The normalized spacial score (nSPS) is 10.6. The molecule has 2 aromatic rings. The number of hydrogen-bond acceptors (Lipinski definition) is 5. The number of hydrogen-bond donors (Lipinski definition) is 3. The Hall–Kier alpha value is -2.87. The van der Waals surface area contributed by atoms with Crippen LogP contribution in [0.2, 0.25) is 0 Å². The minimum absolute atomic E-state index is 0.0178. The van der Waals surface area contributed by atoms with Gasteiger partial charge < -0.3 is 15.2 Å². The molecule has 0 saturated heterocycles. The molecular formula is C19H20BrN3O4. The molecule has 0 unspecified atom stereocenters. The fourth-order valence-electron chi connectivity index (χ4n) is 2.20. The number of carbonyl (C=O) groups excluding carboxylic acids is 2. The Kier molecular flexibility index (Phi) is 7.81. The maximum absolute atomic E-state index is 11.8. The van der Waals surface area contributed by atoms with Crippen LogP contribution in [0.25, 0.3) is 0 Å². The second-order valence-corrected chi connectivity index (χ2v) is 6.33. The zero-order valence-corrected chi connectivity index (χ0v) is 16.3. The summed E-state index contributed by atoms with van der Waals surface area (Å²) in [5.41, 5.74) is 3.81. The van der Waals surface area contributed by atoms with Crippen LogP contribution < -0.4 is 15.5 Å². The topological polar surface area (TPSA) is 100 Å². The highest BCUT2D eigenvalue weighted by Crippen LogP contribution is 2.34. The van der Waals surface area contributed by atoms with Gasteiger partial charge in [0.25, 0.3) is 0 Å². The molecule has 0 aliphatic rings. The van der Waals surface area contributed by atoms with Gasteiger partial charge in [-0.05, 0) is 52.5 Å². The van der Waals surface area contributed by atoms with E-state index in [1.807, 2.05) is 30.3 Å². The fraction of sp³-hybridized carbons (Fsp3) is 0.211. The molecule has 0 aromatic heterocycles. The van der Waals surface area contributed by atoms with Crippen molar-refractivity contribution in [2.75, 3.05) is 13.2 Å². The van der Waals surface area contributed by atoms with Gasteiger partial charge in [-0.1, -0.05) is 30.3 Å². The molecule has 0 aliphatic heterocycles. The summed E-state index contributed by atoms with van der Waals surface area (Å²) in [7, 11) is 0. The van der Waals surface area contributed by atoms with E-state index in [4.69, 9.17) is 4.74 Å². The lowest BCUT2D eigenvalue weighted by atomic mass is 10.1. The fourth-order valence-corrected chi connectivity index (χ4v) is 2.66. The van der Waals surface area contributed by atoms with E-state index in [1.165, 1.54) is 6.21 Å². The number of phenolic OH excluding ortho intramolecular Hbond substituents is 1. The van der Waals surface area contributed by atoms with Crippen molar-refractivity contribution in [3.63, 3.8) is 0 Å². The first kappa shape index (κ1) is 20.4. The monoisotopic (exact) mass is 433 g/mol. The number of hydrazone groups is 1. The van der Waals surface area contributed by atoms with E-state index in [1.54, 1.807) is 19.1 Å². The summed E-state index contributed by atoms with van der Waals surface area (Å²) < 4.78 is 5.74. The average molecular weight is 434 g/mol. The summed E-state index contributed by atoms with van der Waals surface area (Å²) in [6, 6.07) is 12.8. The van der Waals surface area contributed by atoms with E-state index in [-0.39, 0.29) is 5.75 Å². The Morgan fingerprint density at radius 2 is 1.96 bits per heavy atom. The van der Waals surface area contributed by atoms with Crippen LogP contribution in [0.4, 0.5) is 0 Å². The molecule has 0 bridgehead atoms. The molecule has 2 aromatic carbocycles. The van der Waals surface area contributed by atoms with Gasteiger partial charge in [-0.25, -0.2) is 5.43 Å². The minimum Gasteiger partial charge on any atom is -0.503 e. The number of nitrogens with one attached hydrogen (secondary N) is 2. The number of ether oxygens (including phenoxy) is 1. The molecule has 0 radical (unpaired) electrons. The summed E-state index contributed by atoms with van der Waals surface area (Å²) in [5.74, 6) is -1.35. The van der Waals surface area contributed by atoms with Crippen molar-refractivity contribution in [3.8, 4) is 11.5 Å². The van der Waals surface area contributed by atoms with Gasteiger partial charge in [0.05, 0.1) is 17.3 Å². The van der Waals surface area contributed by atoms with Gasteiger partial charge in [0.2, 0.25) is 0 Å². The van der Waals surface area contributed by atoms with Crippen molar-refractivity contribution in [3.05, 3.63) is 58.1 Å². The summed E-state index contributed by atoms with van der Waals surface area (Å²) in [5, 5.41) is 16.2. The van der Waals surface area contributed by atoms with E-state index in [0.717, 1.165) is 5.56 Å². The minimum atomic E-state index is -0.859. The summed E-state index contributed by atoms with van der Waals surface area (Å²) in [6.45, 7) is 2.54. The lowest BCUT2D eigenvalue weighted by Crippen LogP contribution is -2.38. The first-order valence-corrected chi connectivity index (χ1v) is 9.11. The number of carbonyl (C=O) groups is 2. The molecule has 3 N–H and O–H groups in total. The Morgan fingerprint density at radius 1 is 1.22 bits per heavy atom. The Balaban J connectivity index is 1.84. The number of benzene rings is 2. The maximum atomic E-state index is 11.8. The van der Waals surface area contributed by atoms with E-state index in [2.05, 4.69) is 31.8 Å². The van der Waals surface area contributed by atoms with Crippen LogP contribution in [-0.2, 0) is 16.0 Å². The highest BCUT2D eigenvalue weighted by molar-refractivity contribution is 9.10. The zero-order chi connectivity index (χ0) is 19.6. The Labute approximate surface area is 165 Å². The number of rotatable bonds is 7. The molecule has 142 valence electrons. The molecule has 2 amide bonds. The summed E-state index contributed by atoms with van der Waals surface area (Å²) in [4.78, 5) is 23.5. The molecule has 0 heterocycles. The molecule has 8 heteroatoms. The smallest absolute Gasteiger partial charge is 0.329 e. The molecule has 0 fully saturated rings. The van der Waals surface area contributed by atoms with Crippen molar-refractivity contribution >= 4 is 34.0 Å². The van der Waals surface area contributed by atoms with Crippen LogP contribution in [0.3, 0.4) is 0 Å². The third-order valence-electron chi connectivity index (χ3n) is 3.48.